The zero-order valence-electron chi connectivity index (χ0n) is 8.11. The first-order valence-electron chi connectivity index (χ1n) is 4.86. The van der Waals surface area contributed by atoms with Gasteiger partial charge in [0.05, 0.1) is 6.61 Å². The number of alkyl halides is 1. The topological polar surface area (TPSA) is 9.23 Å². The molecule has 0 bridgehead atoms. The van der Waals surface area contributed by atoms with Crippen LogP contribution < -0.4 is 0 Å². The van der Waals surface area contributed by atoms with E-state index in [9.17, 15) is 0 Å². The summed E-state index contributed by atoms with van der Waals surface area (Å²) in [6.45, 7) is 6.35. The van der Waals surface area contributed by atoms with E-state index in [0.29, 0.717) is 5.41 Å². The molecule has 0 amide bonds. The first-order chi connectivity index (χ1) is 5.72. The fourth-order valence-electron chi connectivity index (χ4n) is 2.12. The van der Waals surface area contributed by atoms with Crippen molar-refractivity contribution in [1.29, 1.82) is 0 Å². The van der Waals surface area contributed by atoms with E-state index < -0.39 is 0 Å². The molecule has 0 heterocycles. The SMILES string of the molecule is CCCOCC1(CBr)CC(C)C1. The summed E-state index contributed by atoms with van der Waals surface area (Å²) >= 11 is 3.58. The molecule has 0 atom stereocenters. The van der Waals surface area contributed by atoms with Gasteiger partial charge in [0.25, 0.3) is 0 Å². The lowest BCUT2D eigenvalue weighted by Gasteiger charge is -2.45. The maximum absolute atomic E-state index is 5.60. The molecule has 0 radical (unpaired) electrons. The summed E-state index contributed by atoms with van der Waals surface area (Å²) in [6.07, 6.45) is 3.80. The van der Waals surface area contributed by atoms with Gasteiger partial charge in [0.2, 0.25) is 0 Å². The molecule has 0 saturated heterocycles. The summed E-state index contributed by atoms with van der Waals surface area (Å²) in [6, 6.07) is 0. The summed E-state index contributed by atoms with van der Waals surface area (Å²) in [4.78, 5) is 0. The number of hydrogen-bond donors (Lipinski definition) is 0. The maximum Gasteiger partial charge on any atom is 0.0530 e. The van der Waals surface area contributed by atoms with Crippen molar-refractivity contribution in [2.75, 3.05) is 18.5 Å². The van der Waals surface area contributed by atoms with E-state index in [2.05, 4.69) is 29.8 Å². The molecule has 0 aromatic carbocycles. The molecule has 0 spiro atoms. The van der Waals surface area contributed by atoms with Crippen molar-refractivity contribution < 1.29 is 4.74 Å². The minimum atomic E-state index is 0.481. The van der Waals surface area contributed by atoms with Gasteiger partial charge in [-0.3, -0.25) is 0 Å². The van der Waals surface area contributed by atoms with Crippen LogP contribution in [0.4, 0.5) is 0 Å². The van der Waals surface area contributed by atoms with Crippen LogP contribution >= 0.6 is 15.9 Å². The van der Waals surface area contributed by atoms with Crippen LogP contribution in [0.3, 0.4) is 0 Å². The predicted molar refractivity (Wildman–Crippen MR) is 55.7 cm³/mol. The Morgan fingerprint density at radius 3 is 2.58 bits per heavy atom. The molecule has 1 aliphatic carbocycles. The first-order valence-corrected chi connectivity index (χ1v) is 5.98. The Balaban J connectivity index is 2.18. The second-order valence-corrected chi connectivity index (χ2v) is 4.76. The molecule has 2 heteroatoms. The molecule has 1 aliphatic rings. The lowest BCUT2D eigenvalue weighted by Crippen LogP contribution is -2.41. The molecule has 1 fully saturated rings. The summed E-state index contributed by atoms with van der Waals surface area (Å²) < 4.78 is 5.60. The quantitative estimate of drug-likeness (QED) is 0.525. The third-order valence-corrected chi connectivity index (χ3v) is 3.79. The zero-order chi connectivity index (χ0) is 9.03. The number of hydrogen-bond acceptors (Lipinski definition) is 1. The van der Waals surface area contributed by atoms with Crippen LogP contribution in [0.25, 0.3) is 0 Å². The molecule has 72 valence electrons. The van der Waals surface area contributed by atoms with Crippen molar-refractivity contribution in [2.45, 2.75) is 33.1 Å². The van der Waals surface area contributed by atoms with Gasteiger partial charge < -0.3 is 4.74 Å². The van der Waals surface area contributed by atoms with Crippen LogP contribution in [0.1, 0.15) is 33.1 Å². The molecular formula is C10H19BrO. The Morgan fingerprint density at radius 2 is 2.17 bits per heavy atom. The molecule has 0 unspecified atom stereocenters. The highest BCUT2D eigenvalue weighted by atomic mass is 79.9. The highest BCUT2D eigenvalue weighted by Gasteiger charge is 2.41. The maximum atomic E-state index is 5.60. The molecule has 0 aliphatic heterocycles. The minimum absolute atomic E-state index is 0.481. The Labute approximate surface area is 84.0 Å². The Bertz CT molecular complexity index is 130. The molecule has 0 N–H and O–H groups in total. The third-order valence-electron chi connectivity index (χ3n) is 2.60. The average molecular weight is 235 g/mol. The van der Waals surface area contributed by atoms with Crippen LogP contribution in [0.15, 0.2) is 0 Å². The summed E-state index contributed by atoms with van der Waals surface area (Å²) in [5, 5.41) is 1.11. The van der Waals surface area contributed by atoms with Gasteiger partial charge in [-0.2, -0.15) is 0 Å². The molecular weight excluding hydrogens is 216 g/mol. The van der Waals surface area contributed by atoms with Crippen LogP contribution in [-0.4, -0.2) is 18.5 Å². The third kappa shape index (κ3) is 2.46. The number of halogens is 1. The monoisotopic (exact) mass is 234 g/mol. The van der Waals surface area contributed by atoms with Crippen molar-refractivity contribution in [3.8, 4) is 0 Å². The lowest BCUT2D eigenvalue weighted by molar-refractivity contribution is -0.0173. The van der Waals surface area contributed by atoms with E-state index in [1.807, 2.05) is 0 Å². The summed E-state index contributed by atoms with van der Waals surface area (Å²) in [7, 11) is 0. The van der Waals surface area contributed by atoms with Crippen LogP contribution in [0, 0.1) is 11.3 Å². The highest BCUT2D eigenvalue weighted by Crippen LogP contribution is 2.46. The molecule has 1 rings (SSSR count). The van der Waals surface area contributed by atoms with Crippen molar-refractivity contribution in [3.63, 3.8) is 0 Å². The largest absolute Gasteiger partial charge is 0.381 e. The molecule has 1 saturated carbocycles. The highest BCUT2D eigenvalue weighted by molar-refractivity contribution is 9.09. The molecule has 0 aromatic rings. The summed E-state index contributed by atoms with van der Waals surface area (Å²) in [5.41, 5.74) is 0.481. The normalized spacial score (nSPS) is 34.8. The number of rotatable bonds is 5. The van der Waals surface area contributed by atoms with E-state index in [1.54, 1.807) is 0 Å². The average Bonchev–Trinajstić information content (AvgIpc) is 2.01. The van der Waals surface area contributed by atoms with Crippen molar-refractivity contribution in [3.05, 3.63) is 0 Å². The van der Waals surface area contributed by atoms with Crippen molar-refractivity contribution in [2.24, 2.45) is 11.3 Å². The van der Waals surface area contributed by atoms with Gasteiger partial charge in [0, 0.05) is 17.4 Å². The summed E-state index contributed by atoms with van der Waals surface area (Å²) in [5.74, 6) is 0.910. The standard InChI is InChI=1S/C10H19BrO/c1-3-4-12-8-10(7-11)5-9(2)6-10/h9H,3-8H2,1-2H3. The second-order valence-electron chi connectivity index (χ2n) is 4.20. The van der Waals surface area contributed by atoms with Gasteiger partial charge in [-0.15, -0.1) is 0 Å². The van der Waals surface area contributed by atoms with Crippen LogP contribution in [0.5, 0.6) is 0 Å². The van der Waals surface area contributed by atoms with Gasteiger partial charge in [0.1, 0.15) is 0 Å². The predicted octanol–water partition coefficient (Wildman–Crippen LogP) is 3.22. The van der Waals surface area contributed by atoms with Crippen LogP contribution in [0.2, 0.25) is 0 Å². The smallest absolute Gasteiger partial charge is 0.0530 e. The number of ether oxygens (including phenoxy) is 1. The fraction of sp³-hybridized carbons (Fsp3) is 1.00. The van der Waals surface area contributed by atoms with E-state index in [-0.39, 0.29) is 0 Å². The van der Waals surface area contributed by atoms with Gasteiger partial charge in [0.15, 0.2) is 0 Å². The zero-order valence-corrected chi connectivity index (χ0v) is 9.69. The molecule has 12 heavy (non-hydrogen) atoms. The second kappa shape index (κ2) is 4.61. The van der Waals surface area contributed by atoms with Gasteiger partial charge in [-0.25, -0.2) is 0 Å². The minimum Gasteiger partial charge on any atom is -0.381 e. The van der Waals surface area contributed by atoms with E-state index in [4.69, 9.17) is 4.74 Å². The Morgan fingerprint density at radius 1 is 1.50 bits per heavy atom. The first kappa shape index (κ1) is 10.5. The lowest BCUT2D eigenvalue weighted by atomic mass is 9.64. The Hall–Kier alpha value is 0.440. The fourth-order valence-corrected chi connectivity index (χ4v) is 2.74. The van der Waals surface area contributed by atoms with Gasteiger partial charge in [-0.05, 0) is 25.2 Å². The Kier molecular flexibility index (Phi) is 4.04. The van der Waals surface area contributed by atoms with E-state index >= 15 is 0 Å². The molecule has 0 aromatic heterocycles. The van der Waals surface area contributed by atoms with E-state index in [0.717, 1.165) is 30.9 Å². The van der Waals surface area contributed by atoms with Crippen LogP contribution in [-0.2, 0) is 4.74 Å². The van der Waals surface area contributed by atoms with Crippen molar-refractivity contribution >= 4 is 15.9 Å². The van der Waals surface area contributed by atoms with Gasteiger partial charge >= 0.3 is 0 Å². The van der Waals surface area contributed by atoms with Crippen molar-refractivity contribution in [1.82, 2.24) is 0 Å². The van der Waals surface area contributed by atoms with E-state index in [1.165, 1.54) is 12.8 Å². The molecule has 1 nitrogen and oxygen atoms in total. The van der Waals surface area contributed by atoms with Gasteiger partial charge in [-0.1, -0.05) is 29.8 Å².